The Morgan fingerprint density at radius 2 is 2.00 bits per heavy atom. The van der Waals surface area contributed by atoms with E-state index < -0.39 is 0 Å². The third-order valence-corrected chi connectivity index (χ3v) is 4.05. The number of nitrogens with two attached hydrogens (primary N) is 1. The number of rotatable bonds is 2. The zero-order chi connectivity index (χ0) is 14.1. The van der Waals surface area contributed by atoms with E-state index in [4.69, 9.17) is 10.7 Å². The second kappa shape index (κ2) is 5.31. The van der Waals surface area contributed by atoms with Gasteiger partial charge in [-0.3, -0.25) is 4.98 Å². The maximum atomic E-state index is 6.38. The van der Waals surface area contributed by atoms with E-state index in [0.29, 0.717) is 0 Å². The van der Waals surface area contributed by atoms with E-state index in [1.807, 2.05) is 43.5 Å². The third-order valence-electron chi connectivity index (χ3n) is 3.41. The zero-order valence-electron chi connectivity index (χ0n) is 11.0. The topological polar surface area (TPSA) is 51.8 Å². The number of aryl methyl sites for hydroxylation is 1. The van der Waals surface area contributed by atoms with Gasteiger partial charge in [-0.1, -0.05) is 18.2 Å². The predicted octanol–water partition coefficient (Wildman–Crippen LogP) is 3.75. The van der Waals surface area contributed by atoms with Gasteiger partial charge in [-0.25, -0.2) is 4.98 Å². The Kier molecular flexibility index (Phi) is 3.51. The summed E-state index contributed by atoms with van der Waals surface area (Å²) in [5.74, 6) is 0. The molecule has 0 saturated heterocycles. The largest absolute Gasteiger partial charge is 0.319 e. The highest BCUT2D eigenvalue weighted by Crippen LogP contribution is 2.29. The van der Waals surface area contributed by atoms with Gasteiger partial charge in [0.25, 0.3) is 0 Å². The van der Waals surface area contributed by atoms with Crippen LogP contribution in [0.5, 0.6) is 0 Å². The smallest absolute Gasteiger partial charge is 0.0766 e. The first-order valence-electron chi connectivity index (χ1n) is 6.38. The molecular weight excluding hydrogens is 314 g/mol. The van der Waals surface area contributed by atoms with Crippen molar-refractivity contribution < 1.29 is 0 Å². The molecule has 1 aromatic carbocycles. The second-order valence-electron chi connectivity index (χ2n) is 4.76. The Hall–Kier alpha value is -1.78. The van der Waals surface area contributed by atoms with Gasteiger partial charge in [0, 0.05) is 22.3 Å². The molecule has 20 heavy (non-hydrogen) atoms. The maximum absolute atomic E-state index is 6.38. The van der Waals surface area contributed by atoms with Crippen LogP contribution in [0.25, 0.3) is 10.9 Å². The number of hydrogen-bond acceptors (Lipinski definition) is 3. The van der Waals surface area contributed by atoms with Crippen molar-refractivity contribution in [1.29, 1.82) is 0 Å². The lowest BCUT2D eigenvalue weighted by Crippen LogP contribution is -2.16. The molecule has 3 nitrogen and oxygen atoms in total. The van der Waals surface area contributed by atoms with Crippen LogP contribution < -0.4 is 5.73 Å². The van der Waals surface area contributed by atoms with E-state index >= 15 is 0 Å². The fraction of sp³-hybridized carbons (Fsp3) is 0.125. The number of benzene rings is 1. The standard InChI is InChI=1S/C16H14BrN3/c1-10-6-7-19-9-12(10)15(18)16-13(17)8-11-4-2-3-5-14(11)20-16/h2-9,15H,18H2,1H3. The van der Waals surface area contributed by atoms with Crippen molar-refractivity contribution in [1.82, 2.24) is 9.97 Å². The minimum absolute atomic E-state index is 0.289. The summed E-state index contributed by atoms with van der Waals surface area (Å²) in [6.07, 6.45) is 3.58. The molecule has 100 valence electrons. The van der Waals surface area contributed by atoms with Gasteiger partial charge in [0.15, 0.2) is 0 Å². The maximum Gasteiger partial charge on any atom is 0.0766 e. The first-order valence-corrected chi connectivity index (χ1v) is 7.17. The van der Waals surface area contributed by atoms with Crippen molar-refractivity contribution in [2.45, 2.75) is 13.0 Å². The van der Waals surface area contributed by atoms with E-state index in [1.54, 1.807) is 6.20 Å². The summed E-state index contributed by atoms with van der Waals surface area (Å²) in [5.41, 5.74) is 10.3. The summed E-state index contributed by atoms with van der Waals surface area (Å²) in [6, 6.07) is 11.7. The van der Waals surface area contributed by atoms with E-state index in [-0.39, 0.29) is 6.04 Å². The van der Waals surface area contributed by atoms with Crippen LogP contribution in [0.1, 0.15) is 22.9 Å². The van der Waals surface area contributed by atoms with Gasteiger partial charge in [-0.2, -0.15) is 0 Å². The molecule has 1 unspecified atom stereocenters. The van der Waals surface area contributed by atoms with Crippen LogP contribution in [0.15, 0.2) is 53.3 Å². The minimum atomic E-state index is -0.289. The number of fused-ring (bicyclic) bond motifs is 1. The molecule has 0 aliphatic carbocycles. The van der Waals surface area contributed by atoms with E-state index in [9.17, 15) is 0 Å². The molecular formula is C16H14BrN3. The molecule has 0 saturated carbocycles. The molecule has 0 bridgehead atoms. The van der Waals surface area contributed by atoms with Crippen molar-refractivity contribution in [2.24, 2.45) is 5.73 Å². The SMILES string of the molecule is Cc1ccncc1C(N)c1nc2ccccc2cc1Br. The van der Waals surface area contributed by atoms with Gasteiger partial charge in [0.05, 0.1) is 17.3 Å². The fourth-order valence-corrected chi connectivity index (χ4v) is 2.85. The van der Waals surface area contributed by atoms with Gasteiger partial charge in [-0.05, 0) is 52.2 Å². The molecule has 0 amide bonds. The molecule has 3 rings (SSSR count). The first-order chi connectivity index (χ1) is 9.66. The normalized spacial score (nSPS) is 12.6. The number of halogens is 1. The highest BCUT2D eigenvalue weighted by Gasteiger charge is 2.16. The third kappa shape index (κ3) is 2.32. The Bertz CT molecular complexity index is 771. The van der Waals surface area contributed by atoms with Crippen molar-refractivity contribution in [2.75, 3.05) is 0 Å². The van der Waals surface area contributed by atoms with Gasteiger partial charge < -0.3 is 5.73 Å². The molecule has 3 aromatic rings. The lowest BCUT2D eigenvalue weighted by molar-refractivity contribution is 0.815. The van der Waals surface area contributed by atoms with E-state index in [2.05, 4.69) is 27.0 Å². The Morgan fingerprint density at radius 3 is 2.80 bits per heavy atom. The van der Waals surface area contributed by atoms with Gasteiger partial charge in [0.1, 0.15) is 0 Å². The Balaban J connectivity index is 2.14. The molecule has 2 N–H and O–H groups in total. The molecule has 0 aliphatic heterocycles. The number of hydrogen-bond donors (Lipinski definition) is 1. The molecule has 2 heterocycles. The van der Waals surface area contributed by atoms with Crippen LogP contribution in [-0.2, 0) is 0 Å². The van der Waals surface area contributed by atoms with Gasteiger partial charge in [-0.15, -0.1) is 0 Å². The van der Waals surface area contributed by atoms with Crippen molar-refractivity contribution in [3.63, 3.8) is 0 Å². The minimum Gasteiger partial charge on any atom is -0.319 e. The monoisotopic (exact) mass is 327 g/mol. The molecule has 2 aromatic heterocycles. The number of aromatic nitrogens is 2. The average molecular weight is 328 g/mol. The summed E-state index contributed by atoms with van der Waals surface area (Å²) < 4.78 is 0.923. The summed E-state index contributed by atoms with van der Waals surface area (Å²) in [6.45, 7) is 2.03. The van der Waals surface area contributed by atoms with Crippen LogP contribution in [0.2, 0.25) is 0 Å². The highest BCUT2D eigenvalue weighted by atomic mass is 79.9. The fourth-order valence-electron chi connectivity index (χ4n) is 2.27. The molecule has 0 aliphatic rings. The summed E-state index contributed by atoms with van der Waals surface area (Å²) in [4.78, 5) is 8.85. The number of para-hydroxylation sites is 1. The lowest BCUT2D eigenvalue weighted by atomic mass is 10.0. The van der Waals surface area contributed by atoms with Crippen LogP contribution in [-0.4, -0.2) is 9.97 Å². The highest BCUT2D eigenvalue weighted by molar-refractivity contribution is 9.10. The quantitative estimate of drug-likeness (QED) is 0.779. The predicted molar refractivity (Wildman–Crippen MR) is 84.4 cm³/mol. The summed E-state index contributed by atoms with van der Waals surface area (Å²) in [7, 11) is 0. The molecule has 0 radical (unpaired) electrons. The molecule has 4 heteroatoms. The number of nitrogens with zero attached hydrogens (tertiary/aromatic N) is 2. The lowest BCUT2D eigenvalue weighted by Gasteiger charge is -2.16. The second-order valence-corrected chi connectivity index (χ2v) is 5.61. The van der Waals surface area contributed by atoms with Crippen LogP contribution in [0, 0.1) is 6.92 Å². The summed E-state index contributed by atoms with van der Waals surface area (Å²) in [5, 5.41) is 1.10. The van der Waals surface area contributed by atoms with Crippen molar-refractivity contribution in [3.05, 3.63) is 70.1 Å². The van der Waals surface area contributed by atoms with E-state index in [1.165, 1.54) is 0 Å². The average Bonchev–Trinajstić information content (AvgIpc) is 2.46. The zero-order valence-corrected chi connectivity index (χ0v) is 12.6. The van der Waals surface area contributed by atoms with E-state index in [0.717, 1.165) is 32.2 Å². The van der Waals surface area contributed by atoms with Crippen LogP contribution >= 0.6 is 15.9 Å². The first kappa shape index (κ1) is 13.2. The van der Waals surface area contributed by atoms with Crippen molar-refractivity contribution >= 4 is 26.8 Å². The van der Waals surface area contributed by atoms with Crippen LogP contribution in [0.3, 0.4) is 0 Å². The molecule has 0 fully saturated rings. The van der Waals surface area contributed by atoms with Gasteiger partial charge in [0.2, 0.25) is 0 Å². The Labute approximate surface area is 126 Å². The van der Waals surface area contributed by atoms with Gasteiger partial charge >= 0.3 is 0 Å². The van der Waals surface area contributed by atoms with Crippen LogP contribution in [0.4, 0.5) is 0 Å². The molecule has 0 spiro atoms. The summed E-state index contributed by atoms with van der Waals surface area (Å²) >= 11 is 3.58. The Morgan fingerprint density at radius 1 is 1.20 bits per heavy atom. The molecule has 1 atom stereocenters. The number of pyridine rings is 2. The van der Waals surface area contributed by atoms with Crippen molar-refractivity contribution in [3.8, 4) is 0 Å².